The Labute approximate surface area is 174 Å². The van der Waals surface area contributed by atoms with Crippen LogP contribution in [0.3, 0.4) is 0 Å². The molecule has 5 nitrogen and oxygen atoms in total. The summed E-state index contributed by atoms with van der Waals surface area (Å²) in [4.78, 5) is 17.6. The van der Waals surface area contributed by atoms with Gasteiger partial charge >= 0.3 is 0 Å². The zero-order chi connectivity index (χ0) is 20.6. The molecule has 0 fully saturated rings. The average Bonchev–Trinajstić information content (AvgIpc) is 3.07. The summed E-state index contributed by atoms with van der Waals surface area (Å²) in [5.41, 5.74) is 1.37. The summed E-state index contributed by atoms with van der Waals surface area (Å²) < 4.78 is 14.2. The number of hydrogen-bond donors (Lipinski definition) is 0. The molecule has 1 amide bonds. The van der Waals surface area contributed by atoms with Crippen LogP contribution in [-0.4, -0.2) is 23.7 Å². The third kappa shape index (κ3) is 4.87. The second-order valence-electron chi connectivity index (χ2n) is 6.35. The third-order valence-electron chi connectivity index (χ3n) is 4.28. The Morgan fingerprint density at radius 3 is 2.66 bits per heavy atom. The van der Waals surface area contributed by atoms with Crippen LogP contribution in [0, 0.1) is 12.3 Å². The van der Waals surface area contributed by atoms with E-state index in [1.165, 1.54) is 11.3 Å². The molecule has 150 valence electrons. The lowest BCUT2D eigenvalue weighted by molar-refractivity contribution is 0.0998. The number of unbranched alkanes of at least 4 members (excludes halogenated alkanes) is 1. The lowest BCUT2D eigenvalue weighted by atomic mass is 10.2. The molecule has 6 heteroatoms. The van der Waals surface area contributed by atoms with E-state index in [0.717, 1.165) is 34.6 Å². The Bertz CT molecular complexity index is 1090. The van der Waals surface area contributed by atoms with Crippen LogP contribution in [0.4, 0.5) is 0 Å². The topological polar surface area (TPSA) is 52.8 Å². The molecule has 0 saturated carbocycles. The van der Waals surface area contributed by atoms with Gasteiger partial charge in [-0.3, -0.25) is 4.79 Å². The van der Waals surface area contributed by atoms with Crippen molar-refractivity contribution in [3.63, 3.8) is 0 Å². The van der Waals surface area contributed by atoms with Crippen molar-refractivity contribution in [1.29, 1.82) is 0 Å². The molecule has 29 heavy (non-hydrogen) atoms. The molecule has 0 bridgehead atoms. The van der Waals surface area contributed by atoms with Gasteiger partial charge in [0.1, 0.15) is 17.0 Å². The van der Waals surface area contributed by atoms with Gasteiger partial charge in [-0.25, -0.2) is 0 Å². The molecule has 1 heterocycles. The van der Waals surface area contributed by atoms with E-state index in [2.05, 4.69) is 17.8 Å². The summed E-state index contributed by atoms with van der Waals surface area (Å²) in [6.07, 6.45) is 7.64. The number of thiazole rings is 1. The van der Waals surface area contributed by atoms with Gasteiger partial charge < -0.3 is 14.0 Å². The van der Waals surface area contributed by atoms with Crippen LogP contribution in [-0.2, 0) is 6.54 Å². The molecule has 1 aromatic heterocycles. The number of terminal acetylenes is 1. The number of ether oxygens (including phenoxy) is 2. The number of carbonyl (C=O) groups is 1. The van der Waals surface area contributed by atoms with Gasteiger partial charge in [0, 0.05) is 5.56 Å². The van der Waals surface area contributed by atoms with E-state index in [0.29, 0.717) is 30.1 Å². The summed E-state index contributed by atoms with van der Waals surface area (Å²) in [5, 5.41) is 0. The molecular weight excluding hydrogens is 384 g/mol. The van der Waals surface area contributed by atoms with Gasteiger partial charge in [-0.1, -0.05) is 36.7 Å². The van der Waals surface area contributed by atoms with Gasteiger partial charge in [-0.2, -0.15) is 4.99 Å². The maximum Gasteiger partial charge on any atom is 0.279 e. The number of benzene rings is 2. The van der Waals surface area contributed by atoms with Crippen LogP contribution in [0.15, 0.2) is 47.5 Å². The highest BCUT2D eigenvalue weighted by atomic mass is 32.1. The minimum atomic E-state index is -0.319. The second-order valence-corrected chi connectivity index (χ2v) is 7.36. The van der Waals surface area contributed by atoms with E-state index >= 15 is 0 Å². The smallest absolute Gasteiger partial charge is 0.279 e. The summed E-state index contributed by atoms with van der Waals surface area (Å²) >= 11 is 1.42. The summed E-state index contributed by atoms with van der Waals surface area (Å²) in [7, 11) is 0. The van der Waals surface area contributed by atoms with E-state index in [1.807, 2.05) is 29.7 Å². The molecule has 0 spiro atoms. The number of carbonyl (C=O) groups excluding carboxylic acids is 1. The number of para-hydroxylation sites is 1. The molecule has 0 atom stereocenters. The van der Waals surface area contributed by atoms with Crippen molar-refractivity contribution in [1.82, 2.24) is 4.57 Å². The van der Waals surface area contributed by atoms with Crippen LogP contribution in [0.5, 0.6) is 11.5 Å². The highest BCUT2D eigenvalue weighted by molar-refractivity contribution is 7.16. The fourth-order valence-corrected chi connectivity index (χ4v) is 3.92. The number of amides is 1. The van der Waals surface area contributed by atoms with Gasteiger partial charge in [0.05, 0.1) is 24.5 Å². The van der Waals surface area contributed by atoms with E-state index < -0.39 is 0 Å². The number of fused-ring (bicyclic) bond motifs is 1. The van der Waals surface area contributed by atoms with Gasteiger partial charge in [0.15, 0.2) is 4.80 Å². The van der Waals surface area contributed by atoms with Crippen molar-refractivity contribution in [2.45, 2.75) is 33.2 Å². The molecule has 0 saturated heterocycles. The first-order valence-corrected chi connectivity index (χ1v) is 10.5. The van der Waals surface area contributed by atoms with Crippen molar-refractivity contribution in [2.75, 3.05) is 13.2 Å². The van der Waals surface area contributed by atoms with Gasteiger partial charge in [-0.15, -0.1) is 6.42 Å². The van der Waals surface area contributed by atoms with E-state index in [9.17, 15) is 4.79 Å². The summed E-state index contributed by atoms with van der Waals surface area (Å²) in [5.74, 6) is 3.81. The highest BCUT2D eigenvalue weighted by Crippen LogP contribution is 2.27. The predicted octanol–water partition coefficient (Wildman–Crippen LogP) is 4.65. The molecule has 0 aliphatic heterocycles. The molecule has 0 aliphatic rings. The van der Waals surface area contributed by atoms with Crippen LogP contribution in [0.2, 0.25) is 0 Å². The van der Waals surface area contributed by atoms with Gasteiger partial charge in [0.25, 0.3) is 5.91 Å². The second kappa shape index (κ2) is 9.94. The minimum absolute atomic E-state index is 0.306. The molecule has 0 unspecified atom stereocenters. The van der Waals surface area contributed by atoms with Gasteiger partial charge in [0.2, 0.25) is 0 Å². The minimum Gasteiger partial charge on any atom is -0.494 e. The zero-order valence-corrected chi connectivity index (χ0v) is 17.5. The fraction of sp³-hybridized carbons (Fsp3) is 0.304. The number of hydrogen-bond acceptors (Lipinski definition) is 4. The lowest BCUT2D eigenvalue weighted by Gasteiger charge is -2.07. The summed E-state index contributed by atoms with van der Waals surface area (Å²) in [6.45, 7) is 5.57. The van der Waals surface area contributed by atoms with E-state index in [1.54, 1.807) is 24.3 Å². The van der Waals surface area contributed by atoms with Crippen molar-refractivity contribution in [3.05, 3.63) is 52.8 Å². The van der Waals surface area contributed by atoms with Crippen molar-refractivity contribution in [3.8, 4) is 23.8 Å². The average molecular weight is 409 g/mol. The van der Waals surface area contributed by atoms with E-state index in [4.69, 9.17) is 15.9 Å². The Morgan fingerprint density at radius 2 is 1.97 bits per heavy atom. The van der Waals surface area contributed by atoms with Crippen molar-refractivity contribution < 1.29 is 14.3 Å². The molecule has 3 aromatic rings. The van der Waals surface area contributed by atoms with E-state index in [-0.39, 0.29) is 5.91 Å². The third-order valence-corrected chi connectivity index (χ3v) is 5.32. The molecule has 0 aliphatic carbocycles. The SMILES string of the molecule is C#CCn1c(=NC(=O)c2ccc(OCCCC)cc2)sc2cccc(OCC)c21. The highest BCUT2D eigenvalue weighted by Gasteiger charge is 2.13. The maximum absolute atomic E-state index is 12.7. The Hall–Kier alpha value is -3.04. The largest absolute Gasteiger partial charge is 0.494 e. The maximum atomic E-state index is 12.7. The van der Waals surface area contributed by atoms with Crippen molar-refractivity contribution in [2.24, 2.45) is 4.99 Å². The van der Waals surface area contributed by atoms with Crippen LogP contribution in [0.25, 0.3) is 10.2 Å². The fourth-order valence-electron chi connectivity index (χ4n) is 2.87. The number of nitrogens with zero attached hydrogens (tertiary/aromatic N) is 2. The predicted molar refractivity (Wildman–Crippen MR) is 117 cm³/mol. The standard InChI is InChI=1S/C23H24N2O3S/c1-4-7-16-28-18-13-11-17(12-14-18)22(26)24-23-25(15-5-2)21-19(27-6-3)9-8-10-20(21)29-23/h2,8-14H,4,6-7,15-16H2,1,3H3. The lowest BCUT2D eigenvalue weighted by Crippen LogP contribution is -2.17. The first kappa shape index (κ1) is 20.7. The zero-order valence-electron chi connectivity index (χ0n) is 16.7. The molecule has 0 N–H and O–H groups in total. The quantitative estimate of drug-likeness (QED) is 0.403. The first-order valence-electron chi connectivity index (χ1n) is 9.68. The van der Waals surface area contributed by atoms with Crippen LogP contribution in [0.1, 0.15) is 37.0 Å². The Morgan fingerprint density at radius 1 is 1.17 bits per heavy atom. The molecule has 2 aromatic carbocycles. The molecular formula is C23H24N2O3S. The molecule has 0 radical (unpaired) electrons. The van der Waals surface area contributed by atoms with Crippen LogP contribution < -0.4 is 14.3 Å². The normalized spacial score (nSPS) is 11.4. The van der Waals surface area contributed by atoms with Gasteiger partial charge in [-0.05, 0) is 49.7 Å². The Balaban J connectivity index is 1.95. The number of aromatic nitrogens is 1. The first-order chi connectivity index (χ1) is 14.2. The number of rotatable bonds is 8. The van der Waals surface area contributed by atoms with Crippen LogP contribution >= 0.6 is 11.3 Å². The summed E-state index contributed by atoms with van der Waals surface area (Å²) in [6, 6.07) is 12.9. The van der Waals surface area contributed by atoms with Crippen molar-refractivity contribution >= 4 is 27.5 Å². The molecule has 3 rings (SSSR count). The Kier molecular flexibility index (Phi) is 7.09. The monoisotopic (exact) mass is 408 g/mol.